The Hall–Kier alpha value is -0.0500. The SMILES string of the molecule is O=C(NC1CCC(Br)CC1)C1C2CCCCC21. The Morgan fingerprint density at radius 2 is 1.53 bits per heavy atom. The summed E-state index contributed by atoms with van der Waals surface area (Å²) in [7, 11) is 0. The van der Waals surface area contributed by atoms with E-state index in [0.717, 1.165) is 24.7 Å². The fourth-order valence-electron chi connectivity index (χ4n) is 3.88. The van der Waals surface area contributed by atoms with Crippen molar-refractivity contribution in [3.8, 4) is 0 Å². The molecule has 3 fully saturated rings. The summed E-state index contributed by atoms with van der Waals surface area (Å²) < 4.78 is 0. The number of carbonyl (C=O) groups is 1. The Morgan fingerprint density at radius 3 is 2.12 bits per heavy atom. The lowest BCUT2D eigenvalue weighted by Gasteiger charge is -2.26. The van der Waals surface area contributed by atoms with Gasteiger partial charge >= 0.3 is 0 Å². The molecule has 3 heteroatoms. The van der Waals surface area contributed by atoms with Crippen molar-refractivity contribution in [1.82, 2.24) is 5.32 Å². The van der Waals surface area contributed by atoms with Crippen LogP contribution in [0.25, 0.3) is 0 Å². The third-order valence-corrected chi connectivity index (χ3v) is 5.88. The van der Waals surface area contributed by atoms with Crippen LogP contribution in [-0.4, -0.2) is 16.8 Å². The lowest BCUT2D eigenvalue weighted by atomic mass is 9.95. The number of rotatable bonds is 2. The van der Waals surface area contributed by atoms with E-state index < -0.39 is 0 Å². The molecular weight excluding hydrogens is 278 g/mol. The van der Waals surface area contributed by atoms with Gasteiger partial charge < -0.3 is 5.32 Å². The molecule has 3 aliphatic carbocycles. The van der Waals surface area contributed by atoms with Crippen molar-refractivity contribution < 1.29 is 4.79 Å². The predicted molar refractivity (Wildman–Crippen MR) is 72.1 cm³/mol. The van der Waals surface area contributed by atoms with Crippen LogP contribution in [0.15, 0.2) is 0 Å². The zero-order valence-electron chi connectivity index (χ0n) is 10.3. The van der Waals surface area contributed by atoms with E-state index in [1.807, 2.05) is 0 Å². The number of halogens is 1. The van der Waals surface area contributed by atoms with Crippen LogP contribution in [0.2, 0.25) is 0 Å². The normalized spacial score (nSPS) is 44.9. The molecule has 0 heterocycles. The second kappa shape index (κ2) is 4.91. The van der Waals surface area contributed by atoms with E-state index in [0.29, 0.717) is 22.7 Å². The van der Waals surface area contributed by atoms with Crippen molar-refractivity contribution in [2.75, 3.05) is 0 Å². The van der Waals surface area contributed by atoms with Gasteiger partial charge in [-0.25, -0.2) is 0 Å². The Balaban J connectivity index is 1.48. The predicted octanol–water partition coefficient (Wildman–Crippen LogP) is 3.24. The second-order valence-corrected chi connectivity index (χ2v) is 7.39. The summed E-state index contributed by atoms with van der Waals surface area (Å²) in [4.78, 5) is 12.9. The van der Waals surface area contributed by atoms with Crippen molar-refractivity contribution in [2.24, 2.45) is 17.8 Å². The van der Waals surface area contributed by atoms with Crippen LogP contribution in [0.5, 0.6) is 0 Å². The third-order valence-electron chi connectivity index (χ3n) is 4.96. The van der Waals surface area contributed by atoms with Crippen LogP contribution in [0.3, 0.4) is 0 Å². The summed E-state index contributed by atoms with van der Waals surface area (Å²) in [5, 5.41) is 3.30. The largest absolute Gasteiger partial charge is 0.353 e. The molecule has 2 unspecified atom stereocenters. The molecule has 0 aromatic carbocycles. The molecule has 1 N–H and O–H groups in total. The Morgan fingerprint density at radius 1 is 0.941 bits per heavy atom. The van der Waals surface area contributed by atoms with E-state index in [1.54, 1.807) is 0 Å². The second-order valence-electron chi connectivity index (χ2n) is 6.10. The molecule has 0 aromatic rings. The highest BCUT2D eigenvalue weighted by atomic mass is 79.9. The number of nitrogens with one attached hydrogen (secondary N) is 1. The first kappa shape index (κ1) is 12.0. The van der Waals surface area contributed by atoms with E-state index in [-0.39, 0.29) is 0 Å². The van der Waals surface area contributed by atoms with E-state index in [2.05, 4.69) is 21.2 Å². The molecule has 0 spiro atoms. The maximum Gasteiger partial charge on any atom is 0.223 e. The first-order valence-electron chi connectivity index (χ1n) is 7.20. The summed E-state index contributed by atoms with van der Waals surface area (Å²) >= 11 is 3.66. The summed E-state index contributed by atoms with van der Waals surface area (Å²) in [5.41, 5.74) is 0. The van der Waals surface area contributed by atoms with Gasteiger partial charge in [0.15, 0.2) is 0 Å². The zero-order chi connectivity index (χ0) is 11.8. The van der Waals surface area contributed by atoms with E-state index >= 15 is 0 Å². The fourth-order valence-corrected chi connectivity index (χ4v) is 4.40. The summed E-state index contributed by atoms with van der Waals surface area (Å²) in [6.45, 7) is 0. The quantitative estimate of drug-likeness (QED) is 0.779. The highest BCUT2D eigenvalue weighted by molar-refractivity contribution is 9.09. The first-order chi connectivity index (χ1) is 8.25. The standard InChI is InChI=1S/C14H22BrNO/c15-9-5-7-10(8-6-9)16-14(17)13-11-3-1-2-4-12(11)13/h9-13H,1-8H2,(H,16,17). The zero-order valence-corrected chi connectivity index (χ0v) is 11.9. The maximum atomic E-state index is 12.2. The molecule has 3 aliphatic rings. The van der Waals surface area contributed by atoms with Gasteiger partial charge in [0.25, 0.3) is 0 Å². The molecule has 1 amide bonds. The van der Waals surface area contributed by atoms with Crippen molar-refractivity contribution in [2.45, 2.75) is 62.2 Å². The number of fused-ring (bicyclic) bond motifs is 1. The molecule has 2 atom stereocenters. The minimum Gasteiger partial charge on any atom is -0.353 e. The molecule has 0 aromatic heterocycles. The Kier molecular flexibility index (Phi) is 3.47. The number of carbonyl (C=O) groups excluding carboxylic acids is 1. The summed E-state index contributed by atoms with van der Waals surface area (Å²) in [6, 6.07) is 0.457. The maximum absolute atomic E-state index is 12.2. The van der Waals surface area contributed by atoms with Crippen LogP contribution in [0.4, 0.5) is 0 Å². The minimum absolute atomic E-state index is 0.375. The molecule has 3 saturated carbocycles. The molecule has 0 saturated heterocycles. The van der Waals surface area contributed by atoms with Crippen molar-refractivity contribution >= 4 is 21.8 Å². The van der Waals surface area contributed by atoms with Crippen molar-refractivity contribution in [3.05, 3.63) is 0 Å². The number of alkyl halides is 1. The Labute approximate surface area is 112 Å². The van der Waals surface area contributed by atoms with E-state index in [4.69, 9.17) is 0 Å². The molecule has 17 heavy (non-hydrogen) atoms. The molecule has 0 bridgehead atoms. The summed E-state index contributed by atoms with van der Waals surface area (Å²) in [6.07, 6.45) is 10.0. The average Bonchev–Trinajstić information content (AvgIpc) is 3.06. The topological polar surface area (TPSA) is 29.1 Å². The number of amides is 1. The third kappa shape index (κ3) is 2.54. The van der Waals surface area contributed by atoms with Gasteiger partial charge in [0.05, 0.1) is 0 Å². The van der Waals surface area contributed by atoms with Gasteiger partial charge in [-0.15, -0.1) is 0 Å². The van der Waals surface area contributed by atoms with Gasteiger partial charge in [-0.2, -0.15) is 0 Å². The molecule has 96 valence electrons. The highest BCUT2D eigenvalue weighted by Crippen LogP contribution is 2.55. The van der Waals surface area contributed by atoms with E-state index in [9.17, 15) is 4.79 Å². The van der Waals surface area contributed by atoms with Gasteiger partial charge in [-0.05, 0) is 50.4 Å². The lowest BCUT2D eigenvalue weighted by Crippen LogP contribution is -2.39. The van der Waals surface area contributed by atoms with E-state index in [1.165, 1.54) is 38.5 Å². The Bertz CT molecular complexity index is 287. The van der Waals surface area contributed by atoms with Crippen LogP contribution in [-0.2, 0) is 4.79 Å². The molecular formula is C14H22BrNO. The first-order valence-corrected chi connectivity index (χ1v) is 8.11. The highest BCUT2D eigenvalue weighted by Gasteiger charge is 2.54. The van der Waals surface area contributed by atoms with Crippen LogP contribution < -0.4 is 5.32 Å². The van der Waals surface area contributed by atoms with Gasteiger partial charge in [0, 0.05) is 16.8 Å². The lowest BCUT2D eigenvalue weighted by molar-refractivity contribution is -0.123. The smallest absolute Gasteiger partial charge is 0.223 e. The van der Waals surface area contributed by atoms with Crippen LogP contribution in [0.1, 0.15) is 51.4 Å². The van der Waals surface area contributed by atoms with Gasteiger partial charge in [0.2, 0.25) is 5.91 Å². The van der Waals surface area contributed by atoms with Gasteiger partial charge in [-0.3, -0.25) is 4.79 Å². The van der Waals surface area contributed by atoms with Crippen molar-refractivity contribution in [1.29, 1.82) is 0 Å². The molecule has 0 radical (unpaired) electrons. The number of hydrogen-bond donors (Lipinski definition) is 1. The molecule has 2 nitrogen and oxygen atoms in total. The molecule has 3 rings (SSSR count). The van der Waals surface area contributed by atoms with Crippen molar-refractivity contribution in [3.63, 3.8) is 0 Å². The van der Waals surface area contributed by atoms with Crippen LogP contribution in [0, 0.1) is 17.8 Å². The molecule has 0 aliphatic heterocycles. The monoisotopic (exact) mass is 299 g/mol. The van der Waals surface area contributed by atoms with Gasteiger partial charge in [-0.1, -0.05) is 28.8 Å². The summed E-state index contributed by atoms with van der Waals surface area (Å²) in [5.74, 6) is 2.26. The van der Waals surface area contributed by atoms with Crippen LogP contribution >= 0.6 is 15.9 Å². The van der Waals surface area contributed by atoms with Gasteiger partial charge in [0.1, 0.15) is 0 Å². The fraction of sp³-hybridized carbons (Fsp3) is 0.929. The average molecular weight is 300 g/mol. The number of hydrogen-bond acceptors (Lipinski definition) is 1. The minimum atomic E-state index is 0.375.